The highest BCUT2D eigenvalue weighted by atomic mass is 16.3. The van der Waals surface area contributed by atoms with Gasteiger partial charge in [-0.2, -0.15) is 9.90 Å². The molecule has 1 atom stereocenters. The van der Waals surface area contributed by atoms with E-state index in [9.17, 15) is 4.79 Å². The number of nitrogens with zero attached hydrogens (tertiary/aromatic N) is 3. The molecule has 0 radical (unpaired) electrons. The van der Waals surface area contributed by atoms with Gasteiger partial charge in [0.15, 0.2) is 5.69 Å². The lowest BCUT2D eigenvalue weighted by Crippen LogP contribution is -2.37. The van der Waals surface area contributed by atoms with Crippen LogP contribution in [0.15, 0.2) is 36.5 Å². The third-order valence-electron chi connectivity index (χ3n) is 3.66. The van der Waals surface area contributed by atoms with Crippen LogP contribution in [-0.2, 0) is 0 Å². The first kappa shape index (κ1) is 13.8. The first-order chi connectivity index (χ1) is 10.3. The van der Waals surface area contributed by atoms with Crippen molar-refractivity contribution in [1.29, 1.82) is 0 Å². The Morgan fingerprint density at radius 2 is 2.14 bits per heavy atom. The number of benzene rings is 1. The Labute approximate surface area is 122 Å². The molecule has 21 heavy (non-hydrogen) atoms. The molecule has 1 fully saturated rings. The quantitative estimate of drug-likeness (QED) is 0.835. The van der Waals surface area contributed by atoms with Gasteiger partial charge in [0.2, 0.25) is 0 Å². The van der Waals surface area contributed by atoms with Gasteiger partial charge in [0.25, 0.3) is 5.91 Å². The Kier molecular flexibility index (Phi) is 3.96. The number of aromatic nitrogens is 3. The normalized spacial score (nSPS) is 15.7. The molecular weight excluding hydrogens is 268 g/mol. The van der Waals surface area contributed by atoms with E-state index in [1.54, 1.807) is 0 Å². The lowest BCUT2D eigenvalue weighted by molar-refractivity contribution is 0.0918. The van der Waals surface area contributed by atoms with Gasteiger partial charge >= 0.3 is 0 Å². The molecule has 1 aliphatic rings. The van der Waals surface area contributed by atoms with Crippen LogP contribution in [0.25, 0.3) is 5.69 Å². The van der Waals surface area contributed by atoms with Crippen molar-refractivity contribution < 1.29 is 9.90 Å². The average Bonchev–Trinajstić information content (AvgIpc) is 3.24. The number of carbonyl (C=O) groups excluding carboxylic acids is 1. The lowest BCUT2D eigenvalue weighted by Gasteiger charge is -2.15. The predicted octanol–water partition coefficient (Wildman–Crippen LogP) is 1.16. The minimum absolute atomic E-state index is 0.0318. The van der Waals surface area contributed by atoms with Gasteiger partial charge in [-0.1, -0.05) is 18.2 Å². The fourth-order valence-corrected chi connectivity index (χ4v) is 2.36. The Hall–Kier alpha value is -2.21. The van der Waals surface area contributed by atoms with Gasteiger partial charge in [0, 0.05) is 12.6 Å². The highest BCUT2D eigenvalue weighted by molar-refractivity contribution is 5.92. The van der Waals surface area contributed by atoms with E-state index in [1.165, 1.54) is 11.0 Å². The van der Waals surface area contributed by atoms with E-state index in [-0.39, 0.29) is 18.6 Å². The number of hydrogen-bond acceptors (Lipinski definition) is 4. The molecule has 1 unspecified atom stereocenters. The average molecular weight is 286 g/mol. The molecule has 0 saturated heterocycles. The van der Waals surface area contributed by atoms with Crippen LogP contribution >= 0.6 is 0 Å². The highest BCUT2D eigenvalue weighted by Gasteiger charge is 2.32. The number of carbonyl (C=O) groups is 1. The summed E-state index contributed by atoms with van der Waals surface area (Å²) in [4.78, 5) is 13.6. The first-order valence-electron chi connectivity index (χ1n) is 7.17. The standard InChI is InChI=1S/C15H18N4O2/c20-9-8-13(11-6-7-11)17-15(21)14-10-16-19(18-14)12-4-2-1-3-5-12/h1-5,10-11,13,20H,6-9H2,(H,17,21). The van der Waals surface area contributed by atoms with Crippen molar-refractivity contribution in [2.75, 3.05) is 6.61 Å². The van der Waals surface area contributed by atoms with Crippen molar-refractivity contribution in [3.05, 3.63) is 42.2 Å². The van der Waals surface area contributed by atoms with Gasteiger partial charge in [0.05, 0.1) is 11.9 Å². The largest absolute Gasteiger partial charge is 0.396 e. The predicted molar refractivity (Wildman–Crippen MR) is 77.0 cm³/mol. The van der Waals surface area contributed by atoms with E-state index < -0.39 is 0 Å². The van der Waals surface area contributed by atoms with Crippen LogP contribution in [-0.4, -0.2) is 38.7 Å². The van der Waals surface area contributed by atoms with Crippen LogP contribution in [0, 0.1) is 5.92 Å². The van der Waals surface area contributed by atoms with Crippen molar-refractivity contribution >= 4 is 5.91 Å². The summed E-state index contributed by atoms with van der Waals surface area (Å²) in [6.07, 6.45) is 4.28. The fraction of sp³-hybridized carbons (Fsp3) is 0.400. The van der Waals surface area contributed by atoms with Crippen molar-refractivity contribution in [2.45, 2.75) is 25.3 Å². The molecule has 1 amide bonds. The molecule has 0 bridgehead atoms. The van der Waals surface area contributed by atoms with Crippen molar-refractivity contribution in [3.63, 3.8) is 0 Å². The molecular formula is C15H18N4O2. The van der Waals surface area contributed by atoms with E-state index in [2.05, 4.69) is 15.5 Å². The van der Waals surface area contributed by atoms with Gasteiger partial charge in [-0.05, 0) is 37.3 Å². The molecule has 1 heterocycles. The van der Waals surface area contributed by atoms with Gasteiger partial charge < -0.3 is 10.4 Å². The summed E-state index contributed by atoms with van der Waals surface area (Å²) in [6, 6.07) is 9.48. The summed E-state index contributed by atoms with van der Waals surface area (Å²) >= 11 is 0. The minimum Gasteiger partial charge on any atom is -0.396 e. The maximum absolute atomic E-state index is 12.2. The van der Waals surface area contributed by atoms with E-state index in [0.29, 0.717) is 18.0 Å². The van der Waals surface area contributed by atoms with Crippen LogP contribution < -0.4 is 5.32 Å². The Bertz CT molecular complexity index is 607. The van der Waals surface area contributed by atoms with Crippen LogP contribution in [0.4, 0.5) is 0 Å². The summed E-state index contributed by atoms with van der Waals surface area (Å²) in [5.41, 5.74) is 1.10. The monoisotopic (exact) mass is 286 g/mol. The maximum Gasteiger partial charge on any atom is 0.273 e. The second kappa shape index (κ2) is 6.05. The summed E-state index contributed by atoms with van der Waals surface area (Å²) in [7, 11) is 0. The number of nitrogens with one attached hydrogen (secondary N) is 1. The zero-order valence-corrected chi connectivity index (χ0v) is 11.6. The molecule has 1 aliphatic carbocycles. The Balaban J connectivity index is 1.69. The van der Waals surface area contributed by atoms with Gasteiger partial charge in [-0.15, -0.1) is 5.10 Å². The number of aliphatic hydroxyl groups excluding tert-OH is 1. The van der Waals surface area contributed by atoms with Crippen LogP contribution in [0.1, 0.15) is 29.8 Å². The number of para-hydroxylation sites is 1. The van der Waals surface area contributed by atoms with Crippen LogP contribution in [0.5, 0.6) is 0 Å². The highest BCUT2D eigenvalue weighted by Crippen LogP contribution is 2.33. The third kappa shape index (κ3) is 3.28. The second-order valence-corrected chi connectivity index (χ2v) is 5.28. The second-order valence-electron chi connectivity index (χ2n) is 5.28. The van der Waals surface area contributed by atoms with Gasteiger partial charge in [-0.3, -0.25) is 4.79 Å². The molecule has 6 heteroatoms. The maximum atomic E-state index is 12.2. The molecule has 1 aromatic heterocycles. The molecule has 2 aromatic rings. The first-order valence-corrected chi connectivity index (χ1v) is 7.17. The summed E-state index contributed by atoms with van der Waals surface area (Å²) < 4.78 is 0. The molecule has 6 nitrogen and oxygen atoms in total. The fourth-order valence-electron chi connectivity index (χ4n) is 2.36. The van der Waals surface area contributed by atoms with Crippen molar-refractivity contribution in [1.82, 2.24) is 20.3 Å². The molecule has 2 N–H and O–H groups in total. The SMILES string of the molecule is O=C(NC(CCO)C1CC1)c1cnn(-c2ccccc2)n1. The Morgan fingerprint density at radius 3 is 2.81 bits per heavy atom. The summed E-state index contributed by atoms with van der Waals surface area (Å²) in [5.74, 6) is 0.257. The van der Waals surface area contributed by atoms with E-state index in [4.69, 9.17) is 5.11 Å². The zero-order chi connectivity index (χ0) is 14.7. The summed E-state index contributed by atoms with van der Waals surface area (Å²) in [6.45, 7) is 0.0815. The summed E-state index contributed by atoms with van der Waals surface area (Å²) in [5, 5.41) is 20.3. The van der Waals surface area contributed by atoms with Crippen molar-refractivity contribution in [3.8, 4) is 5.69 Å². The van der Waals surface area contributed by atoms with E-state index >= 15 is 0 Å². The molecule has 0 spiro atoms. The zero-order valence-electron chi connectivity index (χ0n) is 11.6. The van der Waals surface area contributed by atoms with Crippen LogP contribution in [0.3, 0.4) is 0 Å². The lowest BCUT2D eigenvalue weighted by atomic mass is 10.1. The number of hydrogen-bond donors (Lipinski definition) is 2. The molecule has 110 valence electrons. The van der Waals surface area contributed by atoms with Crippen LogP contribution in [0.2, 0.25) is 0 Å². The molecule has 1 aromatic carbocycles. The smallest absolute Gasteiger partial charge is 0.273 e. The molecule has 1 saturated carbocycles. The number of rotatable bonds is 6. The number of amides is 1. The van der Waals surface area contributed by atoms with Crippen molar-refractivity contribution in [2.24, 2.45) is 5.92 Å². The van der Waals surface area contributed by atoms with Gasteiger partial charge in [-0.25, -0.2) is 0 Å². The topological polar surface area (TPSA) is 80.0 Å². The Morgan fingerprint density at radius 1 is 1.38 bits per heavy atom. The molecule has 0 aliphatic heterocycles. The van der Waals surface area contributed by atoms with Gasteiger partial charge in [0.1, 0.15) is 0 Å². The molecule has 3 rings (SSSR count). The third-order valence-corrected chi connectivity index (χ3v) is 3.66. The van der Waals surface area contributed by atoms with E-state index in [0.717, 1.165) is 18.5 Å². The number of aliphatic hydroxyl groups is 1. The minimum atomic E-state index is -0.234. The van der Waals surface area contributed by atoms with E-state index in [1.807, 2.05) is 30.3 Å².